The number of para-hydroxylation sites is 1. The Labute approximate surface area is 195 Å². The molecule has 1 amide bonds. The Hall–Kier alpha value is -4.07. The summed E-state index contributed by atoms with van der Waals surface area (Å²) in [6, 6.07) is 23.4. The number of hydrogen-bond donors (Lipinski definition) is 0. The van der Waals surface area contributed by atoms with Crippen LogP contribution in [0.4, 0.5) is 13.2 Å². The van der Waals surface area contributed by atoms with Gasteiger partial charge in [0.25, 0.3) is 5.91 Å². The summed E-state index contributed by atoms with van der Waals surface area (Å²) in [5.41, 5.74) is 1.67. The predicted molar refractivity (Wildman–Crippen MR) is 123 cm³/mol. The maximum atomic E-state index is 13.6. The Kier molecular flexibility index (Phi) is 6.40. The normalized spacial score (nSPS) is 11.3. The molecular weight excluding hydrogens is 443 g/mol. The van der Waals surface area contributed by atoms with Crippen LogP contribution in [-0.4, -0.2) is 34.7 Å². The van der Waals surface area contributed by atoms with Crippen LogP contribution in [0.15, 0.2) is 84.9 Å². The Morgan fingerprint density at radius 1 is 0.971 bits per heavy atom. The fourth-order valence-corrected chi connectivity index (χ4v) is 3.71. The fourth-order valence-electron chi connectivity index (χ4n) is 3.71. The number of ether oxygens (including phenoxy) is 1. The lowest BCUT2D eigenvalue weighted by Gasteiger charge is -2.19. The molecule has 8 heteroatoms. The van der Waals surface area contributed by atoms with Gasteiger partial charge in [0.15, 0.2) is 0 Å². The number of amides is 1. The highest BCUT2D eigenvalue weighted by Gasteiger charge is 2.31. The van der Waals surface area contributed by atoms with Gasteiger partial charge in [0.1, 0.15) is 11.3 Å². The molecule has 4 aromatic rings. The molecule has 1 heterocycles. The second-order valence-corrected chi connectivity index (χ2v) is 7.71. The Morgan fingerprint density at radius 3 is 2.24 bits per heavy atom. The van der Waals surface area contributed by atoms with Crippen LogP contribution in [0.25, 0.3) is 16.9 Å². The summed E-state index contributed by atoms with van der Waals surface area (Å²) < 4.78 is 46.5. The molecule has 0 spiro atoms. The van der Waals surface area contributed by atoms with Gasteiger partial charge in [-0.3, -0.25) is 4.79 Å². The number of nitrogens with zero attached hydrogens (tertiary/aromatic N) is 3. The van der Waals surface area contributed by atoms with Crippen molar-refractivity contribution in [3.8, 4) is 22.8 Å². The van der Waals surface area contributed by atoms with Gasteiger partial charge in [-0.15, -0.1) is 0 Å². The van der Waals surface area contributed by atoms with Crippen molar-refractivity contribution in [2.24, 2.45) is 0 Å². The summed E-state index contributed by atoms with van der Waals surface area (Å²) in [5, 5.41) is 4.67. The zero-order chi connectivity index (χ0) is 24.3. The van der Waals surface area contributed by atoms with Crippen molar-refractivity contribution in [1.82, 2.24) is 14.7 Å². The standard InChI is InChI=1S/C26H22F3N3O2/c1-31(17-18-10-9-13-20(16-18)26(27,28)29)24(33)22-23(19-11-5-3-6-12-19)30-32(25(22)34-2)21-14-7-4-8-15-21/h3-16H,17H2,1-2H3. The smallest absolute Gasteiger partial charge is 0.416 e. The summed E-state index contributed by atoms with van der Waals surface area (Å²) >= 11 is 0. The summed E-state index contributed by atoms with van der Waals surface area (Å²) in [4.78, 5) is 15.0. The first-order valence-corrected chi connectivity index (χ1v) is 10.5. The van der Waals surface area contributed by atoms with Crippen LogP contribution in [0.5, 0.6) is 5.88 Å². The van der Waals surface area contributed by atoms with Crippen LogP contribution in [0, 0.1) is 0 Å². The molecule has 34 heavy (non-hydrogen) atoms. The number of halogens is 3. The molecule has 0 aliphatic carbocycles. The molecule has 0 atom stereocenters. The predicted octanol–water partition coefficient (Wildman–Crippen LogP) is 5.84. The van der Waals surface area contributed by atoms with Gasteiger partial charge in [-0.05, 0) is 29.8 Å². The van der Waals surface area contributed by atoms with E-state index in [0.29, 0.717) is 22.5 Å². The summed E-state index contributed by atoms with van der Waals surface area (Å²) in [6.45, 7) is -0.0172. The lowest BCUT2D eigenvalue weighted by molar-refractivity contribution is -0.137. The SMILES string of the molecule is COc1c(C(=O)N(C)Cc2cccc(C(F)(F)F)c2)c(-c2ccccc2)nn1-c1ccccc1. The Balaban J connectivity index is 1.76. The summed E-state index contributed by atoms with van der Waals surface area (Å²) in [7, 11) is 2.99. The van der Waals surface area contributed by atoms with Gasteiger partial charge in [0, 0.05) is 19.2 Å². The van der Waals surface area contributed by atoms with Crippen LogP contribution in [0.3, 0.4) is 0 Å². The maximum Gasteiger partial charge on any atom is 0.416 e. The lowest BCUT2D eigenvalue weighted by Crippen LogP contribution is -2.27. The van der Waals surface area contributed by atoms with Crippen molar-refractivity contribution >= 4 is 5.91 Å². The molecule has 1 aromatic heterocycles. The van der Waals surface area contributed by atoms with E-state index in [0.717, 1.165) is 12.1 Å². The number of carbonyl (C=O) groups is 1. The molecule has 0 N–H and O–H groups in total. The van der Waals surface area contributed by atoms with Crippen LogP contribution in [-0.2, 0) is 12.7 Å². The fraction of sp³-hybridized carbons (Fsp3) is 0.154. The van der Waals surface area contributed by atoms with Crippen LogP contribution >= 0.6 is 0 Å². The summed E-state index contributed by atoms with van der Waals surface area (Å²) in [5.74, 6) is -0.179. The van der Waals surface area contributed by atoms with Crippen molar-refractivity contribution in [2.45, 2.75) is 12.7 Å². The third kappa shape index (κ3) is 4.66. The third-order valence-electron chi connectivity index (χ3n) is 5.32. The molecule has 5 nitrogen and oxygen atoms in total. The molecule has 4 rings (SSSR count). The zero-order valence-electron chi connectivity index (χ0n) is 18.6. The number of alkyl halides is 3. The average molecular weight is 465 g/mol. The highest BCUT2D eigenvalue weighted by atomic mass is 19.4. The highest BCUT2D eigenvalue weighted by molar-refractivity contribution is 6.02. The number of methoxy groups -OCH3 is 1. The van der Waals surface area contributed by atoms with E-state index < -0.39 is 17.6 Å². The minimum atomic E-state index is -4.46. The maximum absolute atomic E-state index is 13.6. The van der Waals surface area contributed by atoms with Crippen molar-refractivity contribution in [3.05, 3.63) is 102 Å². The van der Waals surface area contributed by atoms with Gasteiger partial charge in [-0.1, -0.05) is 60.7 Å². The van der Waals surface area contributed by atoms with E-state index in [9.17, 15) is 18.0 Å². The lowest BCUT2D eigenvalue weighted by atomic mass is 10.1. The third-order valence-corrected chi connectivity index (χ3v) is 5.32. The van der Waals surface area contributed by atoms with Gasteiger partial charge in [-0.2, -0.15) is 23.0 Å². The number of hydrogen-bond acceptors (Lipinski definition) is 3. The van der Waals surface area contributed by atoms with Gasteiger partial charge >= 0.3 is 6.18 Å². The van der Waals surface area contributed by atoms with E-state index in [1.807, 2.05) is 60.7 Å². The Bertz CT molecular complexity index is 1290. The van der Waals surface area contributed by atoms with Crippen LogP contribution in [0.1, 0.15) is 21.5 Å². The highest BCUT2D eigenvalue weighted by Crippen LogP contribution is 2.34. The molecule has 0 unspecified atom stereocenters. The molecule has 0 fully saturated rings. The second-order valence-electron chi connectivity index (χ2n) is 7.71. The van der Waals surface area contributed by atoms with E-state index in [4.69, 9.17) is 4.74 Å². The van der Waals surface area contributed by atoms with Gasteiger partial charge < -0.3 is 9.64 Å². The van der Waals surface area contributed by atoms with E-state index in [1.54, 1.807) is 10.7 Å². The molecular formula is C26H22F3N3O2. The van der Waals surface area contributed by atoms with Crippen molar-refractivity contribution in [3.63, 3.8) is 0 Å². The monoisotopic (exact) mass is 465 g/mol. The van der Waals surface area contributed by atoms with Crippen molar-refractivity contribution < 1.29 is 22.7 Å². The quantitative estimate of drug-likeness (QED) is 0.360. The van der Waals surface area contributed by atoms with Crippen molar-refractivity contribution in [2.75, 3.05) is 14.2 Å². The average Bonchev–Trinajstić information content (AvgIpc) is 3.24. The molecule has 3 aromatic carbocycles. The van der Waals surface area contributed by atoms with Gasteiger partial charge in [-0.25, -0.2) is 0 Å². The van der Waals surface area contributed by atoms with E-state index in [-0.39, 0.29) is 18.0 Å². The first-order chi connectivity index (χ1) is 16.3. The zero-order valence-corrected chi connectivity index (χ0v) is 18.6. The topological polar surface area (TPSA) is 47.4 Å². The van der Waals surface area contributed by atoms with E-state index in [1.165, 1.54) is 25.1 Å². The van der Waals surface area contributed by atoms with Gasteiger partial charge in [0.2, 0.25) is 5.88 Å². The molecule has 0 saturated heterocycles. The number of aromatic nitrogens is 2. The second kappa shape index (κ2) is 9.43. The number of benzene rings is 3. The first kappa shape index (κ1) is 23.1. The largest absolute Gasteiger partial charge is 0.480 e. The molecule has 0 bridgehead atoms. The Morgan fingerprint density at radius 2 is 1.62 bits per heavy atom. The van der Waals surface area contributed by atoms with Crippen molar-refractivity contribution in [1.29, 1.82) is 0 Å². The molecule has 174 valence electrons. The van der Waals surface area contributed by atoms with Crippen LogP contribution in [0.2, 0.25) is 0 Å². The number of carbonyl (C=O) groups excluding carboxylic acids is 1. The van der Waals surface area contributed by atoms with Crippen LogP contribution < -0.4 is 4.74 Å². The minimum absolute atomic E-state index is 0.0172. The molecule has 0 radical (unpaired) electrons. The molecule has 0 saturated carbocycles. The van der Waals surface area contributed by atoms with E-state index >= 15 is 0 Å². The first-order valence-electron chi connectivity index (χ1n) is 10.5. The molecule has 0 aliphatic rings. The minimum Gasteiger partial charge on any atom is -0.480 e. The number of rotatable bonds is 6. The van der Waals surface area contributed by atoms with Gasteiger partial charge in [0.05, 0.1) is 18.4 Å². The van der Waals surface area contributed by atoms with E-state index in [2.05, 4.69) is 5.10 Å². The summed E-state index contributed by atoms with van der Waals surface area (Å²) in [6.07, 6.45) is -4.46. The molecule has 0 aliphatic heterocycles.